The summed E-state index contributed by atoms with van der Waals surface area (Å²) in [5.41, 5.74) is 1.03. The lowest BCUT2D eigenvalue weighted by Gasteiger charge is -2.15. The van der Waals surface area contributed by atoms with Gasteiger partial charge in [-0.25, -0.2) is 4.68 Å². The molecule has 1 amide bonds. The minimum atomic E-state index is -4.75. The van der Waals surface area contributed by atoms with Crippen molar-refractivity contribution in [3.05, 3.63) is 58.0 Å². The number of ether oxygens (including phenoxy) is 1. The van der Waals surface area contributed by atoms with Gasteiger partial charge in [-0.1, -0.05) is 12.1 Å². The molecule has 0 bridgehead atoms. The zero-order valence-electron chi connectivity index (χ0n) is 14.5. The average molecular weight is 381 g/mol. The predicted molar refractivity (Wildman–Crippen MR) is 90.2 cm³/mol. The summed E-state index contributed by atoms with van der Waals surface area (Å²) in [6.07, 6.45) is -2.69. The van der Waals surface area contributed by atoms with Crippen molar-refractivity contribution in [2.24, 2.45) is 0 Å². The summed E-state index contributed by atoms with van der Waals surface area (Å²) >= 11 is 0. The van der Waals surface area contributed by atoms with E-state index >= 15 is 0 Å². The van der Waals surface area contributed by atoms with E-state index in [1.807, 2.05) is 0 Å². The van der Waals surface area contributed by atoms with Gasteiger partial charge in [-0.2, -0.15) is 5.10 Å². The molecule has 9 heteroatoms. The van der Waals surface area contributed by atoms with Crippen LogP contribution in [-0.4, -0.2) is 22.1 Å². The summed E-state index contributed by atoms with van der Waals surface area (Å²) in [5, 5.41) is 6.93. The van der Waals surface area contributed by atoms with E-state index in [0.717, 1.165) is 23.2 Å². The molecule has 1 atom stereocenters. The maximum Gasteiger partial charge on any atom is 0.573 e. The molecule has 1 aromatic carbocycles. The van der Waals surface area contributed by atoms with Gasteiger partial charge in [-0.05, 0) is 43.5 Å². The maximum atomic E-state index is 12.3. The Morgan fingerprint density at radius 1 is 1.26 bits per heavy atom. The van der Waals surface area contributed by atoms with Gasteiger partial charge < -0.3 is 10.1 Å². The molecule has 27 heavy (non-hydrogen) atoms. The number of nitrogens with one attached hydrogen (secondary N) is 1. The number of aromatic nitrogens is 2. The van der Waals surface area contributed by atoms with Crippen LogP contribution < -0.4 is 15.6 Å². The highest BCUT2D eigenvalue weighted by Gasteiger charge is 2.31. The van der Waals surface area contributed by atoms with E-state index in [-0.39, 0.29) is 17.9 Å². The van der Waals surface area contributed by atoms with E-state index in [4.69, 9.17) is 0 Å². The fraction of sp³-hybridized carbons (Fsp3) is 0.389. The lowest BCUT2D eigenvalue weighted by atomic mass is 10.2. The first-order valence-electron chi connectivity index (χ1n) is 8.45. The van der Waals surface area contributed by atoms with Crippen molar-refractivity contribution in [1.82, 2.24) is 15.1 Å². The zero-order chi connectivity index (χ0) is 19.6. The number of halogens is 3. The first-order chi connectivity index (χ1) is 12.7. The summed E-state index contributed by atoms with van der Waals surface area (Å²) in [6.45, 7) is 1.67. The molecule has 6 nitrogen and oxygen atoms in total. The minimum Gasteiger partial charge on any atom is -0.406 e. The molecular formula is C18H18F3N3O3. The molecular weight excluding hydrogens is 363 g/mol. The van der Waals surface area contributed by atoms with Gasteiger partial charge in [0, 0.05) is 18.5 Å². The van der Waals surface area contributed by atoms with Gasteiger partial charge in [0.1, 0.15) is 11.8 Å². The first kappa shape index (κ1) is 18.9. The number of amides is 1. The zero-order valence-corrected chi connectivity index (χ0v) is 14.5. The Morgan fingerprint density at radius 3 is 2.52 bits per heavy atom. The molecule has 0 saturated heterocycles. The number of rotatable bonds is 6. The van der Waals surface area contributed by atoms with Crippen molar-refractivity contribution in [2.45, 2.75) is 44.6 Å². The summed E-state index contributed by atoms with van der Waals surface area (Å²) in [5.74, 6) is -0.392. The highest BCUT2D eigenvalue weighted by atomic mass is 19.4. The quantitative estimate of drug-likeness (QED) is 0.835. The Morgan fingerprint density at radius 2 is 1.93 bits per heavy atom. The van der Waals surface area contributed by atoms with E-state index < -0.39 is 18.3 Å². The molecule has 0 unspecified atom stereocenters. The van der Waals surface area contributed by atoms with Gasteiger partial charge in [-0.3, -0.25) is 9.59 Å². The average Bonchev–Trinajstić information content (AvgIpc) is 3.44. The van der Waals surface area contributed by atoms with Crippen LogP contribution in [0.2, 0.25) is 0 Å². The number of benzene rings is 1. The summed E-state index contributed by atoms with van der Waals surface area (Å²) in [4.78, 5) is 24.3. The molecule has 0 aliphatic heterocycles. The van der Waals surface area contributed by atoms with Crippen LogP contribution in [0.4, 0.5) is 13.2 Å². The Bertz CT molecular complexity index is 874. The third-order valence-electron chi connectivity index (χ3n) is 4.21. The molecule has 1 aliphatic carbocycles. The molecule has 0 spiro atoms. The Balaban J connectivity index is 1.60. The minimum absolute atomic E-state index is 0.104. The highest BCUT2D eigenvalue weighted by molar-refractivity contribution is 5.79. The second-order valence-corrected chi connectivity index (χ2v) is 6.40. The van der Waals surface area contributed by atoms with Crippen molar-refractivity contribution in [3.8, 4) is 5.75 Å². The van der Waals surface area contributed by atoms with Crippen LogP contribution in [0.1, 0.15) is 43.0 Å². The molecule has 1 aliphatic rings. The molecule has 1 fully saturated rings. The summed E-state index contributed by atoms with van der Waals surface area (Å²) in [7, 11) is 0. The number of carbonyl (C=O) groups is 1. The van der Waals surface area contributed by atoms with Gasteiger partial charge >= 0.3 is 6.36 Å². The normalized spacial score (nSPS) is 15.3. The highest BCUT2D eigenvalue weighted by Crippen LogP contribution is 2.38. The Labute approximate surface area is 153 Å². The van der Waals surface area contributed by atoms with Crippen LogP contribution in [0.5, 0.6) is 5.75 Å². The van der Waals surface area contributed by atoms with Crippen molar-refractivity contribution in [3.63, 3.8) is 0 Å². The number of hydrogen-bond donors (Lipinski definition) is 1. The molecule has 144 valence electrons. The molecule has 2 aromatic rings. The van der Waals surface area contributed by atoms with Crippen LogP contribution in [0.3, 0.4) is 0 Å². The van der Waals surface area contributed by atoms with Crippen molar-refractivity contribution < 1.29 is 22.7 Å². The molecule has 3 rings (SSSR count). The third kappa shape index (κ3) is 5.08. The Kier molecular flexibility index (Phi) is 5.20. The number of hydrogen-bond acceptors (Lipinski definition) is 4. The van der Waals surface area contributed by atoms with Crippen LogP contribution in [0, 0.1) is 0 Å². The fourth-order valence-electron chi connectivity index (χ4n) is 2.57. The van der Waals surface area contributed by atoms with Gasteiger partial charge in [0.25, 0.3) is 5.56 Å². The molecule has 1 saturated carbocycles. The third-order valence-corrected chi connectivity index (χ3v) is 4.21. The topological polar surface area (TPSA) is 73.2 Å². The van der Waals surface area contributed by atoms with E-state index in [1.54, 1.807) is 13.0 Å². The van der Waals surface area contributed by atoms with E-state index in [9.17, 15) is 22.8 Å². The lowest BCUT2D eigenvalue weighted by molar-refractivity contribution is -0.274. The van der Waals surface area contributed by atoms with Crippen LogP contribution in [-0.2, 0) is 11.3 Å². The summed E-state index contributed by atoms with van der Waals surface area (Å²) in [6, 6.07) is 7.47. The maximum absolute atomic E-state index is 12.3. The van der Waals surface area contributed by atoms with Gasteiger partial charge in [-0.15, -0.1) is 13.2 Å². The largest absolute Gasteiger partial charge is 0.573 e. The van der Waals surface area contributed by atoms with Crippen molar-refractivity contribution >= 4 is 5.91 Å². The second-order valence-electron chi connectivity index (χ2n) is 6.40. The fourth-order valence-corrected chi connectivity index (χ4v) is 2.57. The van der Waals surface area contributed by atoms with Crippen LogP contribution in [0.25, 0.3) is 0 Å². The van der Waals surface area contributed by atoms with Crippen LogP contribution >= 0.6 is 0 Å². The number of nitrogens with zero attached hydrogens (tertiary/aromatic N) is 2. The molecule has 1 aromatic heterocycles. The Hall–Kier alpha value is -2.84. The van der Waals surface area contributed by atoms with Gasteiger partial charge in [0.15, 0.2) is 0 Å². The van der Waals surface area contributed by atoms with Gasteiger partial charge in [0.05, 0.1) is 5.69 Å². The standard InChI is InChI=1S/C18H18F3N3O3/c1-11(24-16(25)9-8-15(23-24)13-4-5-13)17(26)22-10-12-2-6-14(7-3-12)27-18(19,20)21/h2-3,6-9,11,13H,4-5,10H2,1H3,(H,22,26)/t11-/m0/s1. The van der Waals surface area contributed by atoms with E-state index in [1.165, 1.54) is 30.3 Å². The van der Waals surface area contributed by atoms with Crippen molar-refractivity contribution in [2.75, 3.05) is 0 Å². The second kappa shape index (κ2) is 7.42. The summed E-state index contributed by atoms with van der Waals surface area (Å²) < 4.78 is 41.4. The molecule has 1 heterocycles. The predicted octanol–water partition coefficient (Wildman–Crippen LogP) is 2.90. The molecule has 1 N–H and O–H groups in total. The van der Waals surface area contributed by atoms with E-state index in [0.29, 0.717) is 11.5 Å². The van der Waals surface area contributed by atoms with Crippen LogP contribution in [0.15, 0.2) is 41.2 Å². The monoisotopic (exact) mass is 381 g/mol. The lowest BCUT2D eigenvalue weighted by Crippen LogP contribution is -2.37. The first-order valence-corrected chi connectivity index (χ1v) is 8.45. The number of alkyl halides is 3. The number of carbonyl (C=O) groups excluding carboxylic acids is 1. The van der Waals surface area contributed by atoms with Crippen molar-refractivity contribution in [1.29, 1.82) is 0 Å². The van der Waals surface area contributed by atoms with E-state index in [2.05, 4.69) is 15.2 Å². The smallest absolute Gasteiger partial charge is 0.406 e. The molecule has 0 radical (unpaired) electrons. The van der Waals surface area contributed by atoms with Gasteiger partial charge in [0.2, 0.25) is 5.91 Å². The SMILES string of the molecule is C[C@@H](C(=O)NCc1ccc(OC(F)(F)F)cc1)n1nc(C2CC2)ccc1=O.